The number of nitrogens with zero attached hydrogens (tertiary/aromatic N) is 1. The molecule has 0 fully saturated rings. The number of anilines is 1. The molecule has 0 unspecified atom stereocenters. The van der Waals surface area contributed by atoms with Crippen molar-refractivity contribution < 1.29 is 13.8 Å². The summed E-state index contributed by atoms with van der Waals surface area (Å²) in [7, 11) is -0.931. The van der Waals surface area contributed by atoms with Crippen LogP contribution in [0.1, 0.15) is 26.3 Å². The molecule has 0 saturated carbocycles. The number of para-hydroxylation sites is 1. The molecule has 1 atom stereocenters. The van der Waals surface area contributed by atoms with Gasteiger partial charge in [-0.3, -0.25) is 18.7 Å². The second-order valence-electron chi connectivity index (χ2n) is 5.61. The van der Waals surface area contributed by atoms with Crippen LogP contribution in [-0.4, -0.2) is 40.3 Å². The van der Waals surface area contributed by atoms with Gasteiger partial charge in [-0.2, -0.15) is 0 Å². The highest BCUT2D eigenvalue weighted by molar-refractivity contribution is 7.83. The van der Waals surface area contributed by atoms with Gasteiger partial charge in [-0.05, 0) is 23.8 Å². The van der Waals surface area contributed by atoms with Crippen LogP contribution in [0.5, 0.6) is 0 Å². The Morgan fingerprint density at radius 2 is 1.54 bits per heavy atom. The Morgan fingerprint density at radius 3 is 2.17 bits per heavy atom. The van der Waals surface area contributed by atoms with E-state index >= 15 is 0 Å². The SMILES string of the molecule is C[S@@](=O)Cc1ccccc1NCCN1C(=O)c2ccccc2C1=O. The highest BCUT2D eigenvalue weighted by Crippen LogP contribution is 2.22. The van der Waals surface area contributed by atoms with E-state index in [0.29, 0.717) is 23.4 Å². The van der Waals surface area contributed by atoms with E-state index < -0.39 is 10.8 Å². The molecule has 1 aliphatic heterocycles. The molecule has 6 heteroatoms. The fraction of sp³-hybridized carbons (Fsp3) is 0.222. The molecule has 1 aliphatic rings. The zero-order valence-corrected chi connectivity index (χ0v) is 14.1. The first-order valence-electron chi connectivity index (χ1n) is 7.65. The first-order chi connectivity index (χ1) is 11.6. The number of carbonyl (C=O) groups is 2. The molecule has 0 aliphatic carbocycles. The molecule has 24 heavy (non-hydrogen) atoms. The molecule has 3 rings (SSSR count). The predicted octanol–water partition coefficient (Wildman–Crippen LogP) is 2.27. The van der Waals surface area contributed by atoms with Gasteiger partial charge in [-0.1, -0.05) is 30.3 Å². The van der Waals surface area contributed by atoms with Crippen LogP contribution in [0.4, 0.5) is 5.69 Å². The van der Waals surface area contributed by atoms with E-state index in [1.165, 1.54) is 4.90 Å². The third-order valence-corrected chi connectivity index (χ3v) is 4.62. The maximum Gasteiger partial charge on any atom is 0.261 e. The van der Waals surface area contributed by atoms with Gasteiger partial charge in [0.25, 0.3) is 11.8 Å². The molecular formula is C18H18N2O3S. The normalized spacial score (nSPS) is 14.6. The lowest BCUT2D eigenvalue weighted by atomic mass is 10.1. The van der Waals surface area contributed by atoms with Gasteiger partial charge in [0.15, 0.2) is 0 Å². The van der Waals surface area contributed by atoms with E-state index in [1.807, 2.05) is 24.3 Å². The summed E-state index contributed by atoms with van der Waals surface area (Å²) in [4.78, 5) is 25.9. The Hall–Kier alpha value is -2.47. The van der Waals surface area contributed by atoms with Crippen molar-refractivity contribution in [2.75, 3.05) is 24.7 Å². The standard InChI is InChI=1S/C18H18N2O3S/c1-24(23)12-13-6-2-5-9-16(13)19-10-11-20-17(21)14-7-3-4-8-15(14)18(20)22/h2-9,19H,10-12H2,1H3/t24-/m1/s1. The van der Waals surface area contributed by atoms with Crippen molar-refractivity contribution >= 4 is 28.3 Å². The molecule has 0 saturated heterocycles. The Labute approximate surface area is 143 Å². The van der Waals surface area contributed by atoms with Crippen LogP contribution < -0.4 is 5.32 Å². The molecule has 0 aromatic heterocycles. The zero-order chi connectivity index (χ0) is 17.1. The van der Waals surface area contributed by atoms with E-state index in [9.17, 15) is 13.8 Å². The van der Waals surface area contributed by atoms with Crippen LogP contribution in [0.25, 0.3) is 0 Å². The highest BCUT2D eigenvalue weighted by atomic mass is 32.2. The summed E-state index contributed by atoms with van der Waals surface area (Å²) in [6, 6.07) is 14.5. The van der Waals surface area contributed by atoms with Gasteiger partial charge in [-0.25, -0.2) is 0 Å². The Kier molecular flexibility index (Phi) is 4.76. The maximum absolute atomic E-state index is 12.3. The Balaban J connectivity index is 1.65. The van der Waals surface area contributed by atoms with Gasteiger partial charge in [-0.15, -0.1) is 0 Å². The third-order valence-electron chi connectivity index (χ3n) is 3.91. The smallest absolute Gasteiger partial charge is 0.261 e. The second-order valence-corrected chi connectivity index (χ2v) is 7.04. The quantitative estimate of drug-likeness (QED) is 0.818. The number of fused-ring (bicyclic) bond motifs is 1. The van der Waals surface area contributed by atoms with E-state index in [-0.39, 0.29) is 18.4 Å². The number of hydrogen-bond donors (Lipinski definition) is 1. The molecule has 0 spiro atoms. The fourth-order valence-electron chi connectivity index (χ4n) is 2.78. The number of nitrogens with one attached hydrogen (secondary N) is 1. The summed E-state index contributed by atoms with van der Waals surface area (Å²) in [5, 5.41) is 3.23. The number of amides is 2. The fourth-order valence-corrected chi connectivity index (χ4v) is 3.47. The van der Waals surface area contributed by atoms with Crippen LogP contribution in [0, 0.1) is 0 Å². The molecule has 1 N–H and O–H groups in total. The minimum absolute atomic E-state index is 0.250. The van der Waals surface area contributed by atoms with Gasteiger partial charge < -0.3 is 5.32 Å². The van der Waals surface area contributed by atoms with Gasteiger partial charge in [0.2, 0.25) is 0 Å². The lowest BCUT2D eigenvalue weighted by Crippen LogP contribution is -2.34. The minimum Gasteiger partial charge on any atom is -0.383 e. The van der Waals surface area contributed by atoms with E-state index in [4.69, 9.17) is 0 Å². The maximum atomic E-state index is 12.3. The van der Waals surface area contributed by atoms with Crippen molar-refractivity contribution in [2.45, 2.75) is 5.75 Å². The summed E-state index contributed by atoms with van der Waals surface area (Å²) < 4.78 is 11.4. The number of hydrogen-bond acceptors (Lipinski definition) is 4. The topological polar surface area (TPSA) is 66.5 Å². The zero-order valence-electron chi connectivity index (χ0n) is 13.3. The van der Waals surface area contributed by atoms with Gasteiger partial charge in [0.05, 0.1) is 16.9 Å². The van der Waals surface area contributed by atoms with E-state index in [0.717, 1.165) is 11.3 Å². The van der Waals surface area contributed by atoms with Crippen molar-refractivity contribution in [3.05, 3.63) is 65.2 Å². The van der Waals surface area contributed by atoms with Crippen LogP contribution in [0.3, 0.4) is 0 Å². The van der Waals surface area contributed by atoms with E-state index in [1.54, 1.807) is 30.5 Å². The second kappa shape index (κ2) is 6.97. The minimum atomic E-state index is -0.931. The lowest BCUT2D eigenvalue weighted by molar-refractivity contribution is 0.0660. The first-order valence-corrected chi connectivity index (χ1v) is 9.37. The lowest BCUT2D eigenvalue weighted by Gasteiger charge is -2.16. The number of benzene rings is 2. The van der Waals surface area contributed by atoms with Crippen molar-refractivity contribution in [3.8, 4) is 0 Å². The Morgan fingerprint density at radius 1 is 0.958 bits per heavy atom. The Bertz CT molecular complexity index is 784. The van der Waals surface area contributed by atoms with Crippen LogP contribution in [0.2, 0.25) is 0 Å². The average Bonchev–Trinajstić information content (AvgIpc) is 2.81. The summed E-state index contributed by atoms with van der Waals surface area (Å²) in [5.74, 6) is -0.0309. The predicted molar refractivity (Wildman–Crippen MR) is 94.5 cm³/mol. The number of rotatable bonds is 6. The molecule has 2 aromatic rings. The van der Waals surface area contributed by atoms with Gasteiger partial charge in [0, 0.05) is 35.8 Å². The van der Waals surface area contributed by atoms with Crippen molar-refractivity contribution in [1.82, 2.24) is 4.90 Å². The van der Waals surface area contributed by atoms with Crippen molar-refractivity contribution in [3.63, 3.8) is 0 Å². The molecule has 0 radical (unpaired) electrons. The third kappa shape index (κ3) is 3.23. The number of carbonyl (C=O) groups excluding carboxylic acids is 2. The summed E-state index contributed by atoms with van der Waals surface area (Å²) in [6.07, 6.45) is 1.66. The van der Waals surface area contributed by atoms with E-state index in [2.05, 4.69) is 5.32 Å². The summed E-state index contributed by atoms with van der Waals surface area (Å²) in [6.45, 7) is 0.731. The molecule has 5 nitrogen and oxygen atoms in total. The summed E-state index contributed by atoms with van der Waals surface area (Å²) >= 11 is 0. The van der Waals surface area contributed by atoms with Crippen molar-refractivity contribution in [1.29, 1.82) is 0 Å². The van der Waals surface area contributed by atoms with Crippen LogP contribution in [-0.2, 0) is 16.6 Å². The van der Waals surface area contributed by atoms with Crippen LogP contribution >= 0.6 is 0 Å². The van der Waals surface area contributed by atoms with Gasteiger partial charge in [0.1, 0.15) is 0 Å². The number of imide groups is 1. The molecule has 124 valence electrons. The molecule has 1 heterocycles. The van der Waals surface area contributed by atoms with Crippen LogP contribution in [0.15, 0.2) is 48.5 Å². The van der Waals surface area contributed by atoms with Gasteiger partial charge >= 0.3 is 0 Å². The molecule has 2 amide bonds. The average molecular weight is 342 g/mol. The first kappa shape index (κ1) is 16.4. The summed E-state index contributed by atoms with van der Waals surface area (Å²) in [5.41, 5.74) is 2.76. The van der Waals surface area contributed by atoms with Crippen molar-refractivity contribution in [2.24, 2.45) is 0 Å². The molecule has 0 bridgehead atoms. The monoisotopic (exact) mass is 342 g/mol. The molecule has 2 aromatic carbocycles. The molecular weight excluding hydrogens is 324 g/mol. The largest absolute Gasteiger partial charge is 0.383 e. The highest BCUT2D eigenvalue weighted by Gasteiger charge is 2.34.